The predicted molar refractivity (Wildman–Crippen MR) is 70.9 cm³/mol. The molecule has 1 aliphatic heterocycles. The largest absolute Gasteiger partial charge is 0.493 e. The maximum absolute atomic E-state index is 10.5. The van der Waals surface area contributed by atoms with Crippen molar-refractivity contribution in [3.63, 3.8) is 0 Å². The first kappa shape index (κ1) is 13.4. The lowest BCUT2D eigenvalue weighted by Crippen LogP contribution is -2.19. The molecule has 1 heterocycles. The normalized spacial score (nSPS) is 25.1. The van der Waals surface area contributed by atoms with Crippen LogP contribution in [0, 0.1) is 6.92 Å². The summed E-state index contributed by atoms with van der Waals surface area (Å²) in [5.41, 5.74) is 1.97. The number of aryl methyl sites for hydroxylation is 1. The smallest absolute Gasteiger partial charge is 0.125 e. The molecule has 1 aliphatic rings. The van der Waals surface area contributed by atoms with Gasteiger partial charge in [0.1, 0.15) is 11.9 Å². The van der Waals surface area contributed by atoms with Gasteiger partial charge in [-0.1, -0.05) is 11.6 Å². The molecule has 1 aromatic rings. The first-order chi connectivity index (χ1) is 8.61. The molecule has 0 aliphatic carbocycles. The maximum atomic E-state index is 10.5. The molecule has 100 valence electrons. The molecule has 3 unspecified atom stereocenters. The van der Waals surface area contributed by atoms with E-state index in [-0.39, 0.29) is 12.2 Å². The van der Waals surface area contributed by atoms with Crippen LogP contribution in [0.25, 0.3) is 0 Å². The summed E-state index contributed by atoms with van der Waals surface area (Å²) in [6, 6.07) is 5.91. The molecule has 0 radical (unpaired) electrons. The van der Waals surface area contributed by atoms with Gasteiger partial charge >= 0.3 is 0 Å². The number of hydrogen-bond donors (Lipinski definition) is 1. The van der Waals surface area contributed by atoms with E-state index in [0.29, 0.717) is 6.61 Å². The summed E-state index contributed by atoms with van der Waals surface area (Å²) in [5, 5.41) is 10.5. The fraction of sp³-hybridized carbons (Fsp3) is 0.600. The monoisotopic (exact) mass is 250 g/mol. The summed E-state index contributed by atoms with van der Waals surface area (Å²) in [6.45, 7) is 6.62. The SMILES string of the molecule is CCOc1ccc(C)cc1C(O)C1CCC(C)O1. The third kappa shape index (κ3) is 2.85. The van der Waals surface area contributed by atoms with Crippen LogP contribution in [0.5, 0.6) is 5.75 Å². The fourth-order valence-corrected chi connectivity index (χ4v) is 2.45. The summed E-state index contributed by atoms with van der Waals surface area (Å²) < 4.78 is 11.3. The highest BCUT2D eigenvalue weighted by atomic mass is 16.5. The van der Waals surface area contributed by atoms with Gasteiger partial charge in [-0.15, -0.1) is 0 Å². The molecule has 0 aromatic heterocycles. The van der Waals surface area contributed by atoms with E-state index in [1.807, 2.05) is 39.0 Å². The molecule has 18 heavy (non-hydrogen) atoms. The number of rotatable bonds is 4. The minimum atomic E-state index is -0.601. The van der Waals surface area contributed by atoms with E-state index in [4.69, 9.17) is 9.47 Å². The van der Waals surface area contributed by atoms with Gasteiger partial charge in [0, 0.05) is 5.56 Å². The van der Waals surface area contributed by atoms with Crippen LogP contribution in [0.1, 0.15) is 43.9 Å². The van der Waals surface area contributed by atoms with E-state index in [9.17, 15) is 5.11 Å². The predicted octanol–water partition coefficient (Wildman–Crippen LogP) is 2.99. The van der Waals surface area contributed by atoms with Gasteiger partial charge in [-0.3, -0.25) is 0 Å². The van der Waals surface area contributed by atoms with E-state index in [1.54, 1.807) is 0 Å². The minimum Gasteiger partial charge on any atom is -0.493 e. The lowest BCUT2D eigenvalue weighted by atomic mass is 9.99. The lowest BCUT2D eigenvalue weighted by Gasteiger charge is -2.21. The number of ether oxygens (including phenoxy) is 2. The average molecular weight is 250 g/mol. The van der Waals surface area contributed by atoms with E-state index >= 15 is 0 Å². The van der Waals surface area contributed by atoms with Crippen LogP contribution >= 0.6 is 0 Å². The molecule has 2 rings (SSSR count). The molecule has 0 saturated carbocycles. The van der Waals surface area contributed by atoms with Crippen LogP contribution in [0.3, 0.4) is 0 Å². The van der Waals surface area contributed by atoms with E-state index in [1.165, 1.54) is 0 Å². The summed E-state index contributed by atoms with van der Waals surface area (Å²) in [6.07, 6.45) is 1.45. The first-order valence-electron chi connectivity index (χ1n) is 6.68. The molecule has 3 heteroatoms. The lowest BCUT2D eigenvalue weighted by molar-refractivity contribution is -0.0306. The van der Waals surface area contributed by atoms with E-state index in [0.717, 1.165) is 29.7 Å². The molecule has 0 spiro atoms. The van der Waals surface area contributed by atoms with Gasteiger partial charge < -0.3 is 14.6 Å². The summed E-state index contributed by atoms with van der Waals surface area (Å²) >= 11 is 0. The van der Waals surface area contributed by atoms with Gasteiger partial charge in [0.2, 0.25) is 0 Å². The Hall–Kier alpha value is -1.06. The van der Waals surface area contributed by atoms with Crippen molar-refractivity contribution >= 4 is 0 Å². The highest BCUT2D eigenvalue weighted by Gasteiger charge is 2.30. The Balaban J connectivity index is 2.22. The van der Waals surface area contributed by atoms with Gasteiger partial charge in [-0.05, 0) is 45.7 Å². The van der Waals surface area contributed by atoms with Crippen LogP contribution in [0.2, 0.25) is 0 Å². The maximum Gasteiger partial charge on any atom is 0.125 e. The Morgan fingerprint density at radius 3 is 2.83 bits per heavy atom. The number of aliphatic hydroxyl groups is 1. The highest BCUT2D eigenvalue weighted by molar-refractivity contribution is 5.39. The number of hydrogen-bond acceptors (Lipinski definition) is 3. The quantitative estimate of drug-likeness (QED) is 0.892. The second-order valence-electron chi connectivity index (χ2n) is 4.98. The van der Waals surface area contributed by atoms with Crippen molar-refractivity contribution in [1.29, 1.82) is 0 Å². The van der Waals surface area contributed by atoms with Crippen molar-refractivity contribution in [1.82, 2.24) is 0 Å². The molecular weight excluding hydrogens is 228 g/mol. The molecule has 1 fully saturated rings. The van der Waals surface area contributed by atoms with Crippen LogP contribution in [0.15, 0.2) is 18.2 Å². The Labute approximate surface area is 109 Å². The van der Waals surface area contributed by atoms with Crippen molar-refractivity contribution in [3.8, 4) is 5.75 Å². The Kier molecular flexibility index (Phi) is 4.25. The van der Waals surface area contributed by atoms with E-state index in [2.05, 4.69) is 0 Å². The van der Waals surface area contributed by atoms with Gasteiger partial charge in [0.25, 0.3) is 0 Å². The van der Waals surface area contributed by atoms with Gasteiger partial charge in [0.15, 0.2) is 0 Å². The Bertz CT molecular complexity index is 403. The molecule has 3 nitrogen and oxygen atoms in total. The van der Waals surface area contributed by atoms with Gasteiger partial charge in [0.05, 0.1) is 18.8 Å². The van der Waals surface area contributed by atoms with Crippen LogP contribution in [0.4, 0.5) is 0 Å². The van der Waals surface area contributed by atoms with Crippen molar-refractivity contribution in [2.75, 3.05) is 6.61 Å². The van der Waals surface area contributed by atoms with Gasteiger partial charge in [-0.25, -0.2) is 0 Å². The Morgan fingerprint density at radius 2 is 2.22 bits per heavy atom. The standard InChI is InChI=1S/C15H22O3/c1-4-17-13-7-5-10(2)9-12(13)15(16)14-8-6-11(3)18-14/h5,7,9,11,14-16H,4,6,8H2,1-3H3. The zero-order chi connectivity index (χ0) is 13.1. The molecule has 0 amide bonds. The Morgan fingerprint density at radius 1 is 1.44 bits per heavy atom. The summed E-state index contributed by atoms with van der Waals surface area (Å²) in [5.74, 6) is 0.763. The van der Waals surface area contributed by atoms with Crippen molar-refractivity contribution in [2.45, 2.75) is 51.9 Å². The number of benzene rings is 1. The number of aliphatic hydroxyl groups excluding tert-OH is 1. The average Bonchev–Trinajstić information content (AvgIpc) is 2.77. The second kappa shape index (κ2) is 5.72. The third-order valence-corrected chi connectivity index (χ3v) is 3.40. The van der Waals surface area contributed by atoms with Crippen molar-refractivity contribution in [3.05, 3.63) is 29.3 Å². The molecular formula is C15H22O3. The van der Waals surface area contributed by atoms with Crippen LogP contribution in [-0.2, 0) is 4.74 Å². The summed E-state index contributed by atoms with van der Waals surface area (Å²) in [4.78, 5) is 0. The fourth-order valence-electron chi connectivity index (χ4n) is 2.45. The van der Waals surface area contributed by atoms with Crippen molar-refractivity contribution < 1.29 is 14.6 Å². The topological polar surface area (TPSA) is 38.7 Å². The zero-order valence-electron chi connectivity index (χ0n) is 11.3. The third-order valence-electron chi connectivity index (χ3n) is 3.40. The van der Waals surface area contributed by atoms with Crippen LogP contribution in [-0.4, -0.2) is 23.9 Å². The summed E-state index contributed by atoms with van der Waals surface area (Å²) in [7, 11) is 0. The molecule has 1 N–H and O–H groups in total. The molecule has 1 aromatic carbocycles. The zero-order valence-corrected chi connectivity index (χ0v) is 11.3. The van der Waals surface area contributed by atoms with Gasteiger partial charge in [-0.2, -0.15) is 0 Å². The van der Waals surface area contributed by atoms with Crippen LogP contribution < -0.4 is 4.74 Å². The second-order valence-corrected chi connectivity index (χ2v) is 4.98. The highest BCUT2D eigenvalue weighted by Crippen LogP contribution is 2.35. The molecule has 1 saturated heterocycles. The van der Waals surface area contributed by atoms with E-state index < -0.39 is 6.10 Å². The minimum absolute atomic E-state index is 0.110. The van der Waals surface area contributed by atoms with Crippen molar-refractivity contribution in [2.24, 2.45) is 0 Å². The first-order valence-corrected chi connectivity index (χ1v) is 6.68. The molecule has 0 bridgehead atoms. The molecule has 3 atom stereocenters.